The minimum Gasteiger partial charge on any atom is -0.491 e. The molecule has 154 valence electrons. The third kappa shape index (κ3) is 7.95. The molecule has 0 saturated carbocycles. The highest BCUT2D eigenvalue weighted by molar-refractivity contribution is 5.59. The molecule has 1 heterocycles. The number of halogens is 1. The number of unbranched alkanes of at least 4 members (excludes halogenated alkanes) is 8. The summed E-state index contributed by atoms with van der Waals surface area (Å²) in [6.07, 6.45) is 16.6. The normalized spacial score (nSPS) is 11.0. The van der Waals surface area contributed by atoms with E-state index in [-0.39, 0.29) is 5.82 Å². The van der Waals surface area contributed by atoms with Crippen LogP contribution in [-0.2, 0) is 6.42 Å². The zero-order valence-corrected chi connectivity index (χ0v) is 17.6. The van der Waals surface area contributed by atoms with E-state index in [1.54, 1.807) is 12.3 Å². The van der Waals surface area contributed by atoms with Crippen LogP contribution in [0.3, 0.4) is 0 Å². The fourth-order valence-electron chi connectivity index (χ4n) is 3.21. The molecule has 28 heavy (non-hydrogen) atoms. The minimum absolute atomic E-state index is 0.313. The fourth-order valence-corrected chi connectivity index (χ4v) is 3.21. The molecule has 0 atom stereocenters. The number of rotatable bonds is 14. The highest BCUT2D eigenvalue weighted by atomic mass is 19.1. The maximum atomic E-state index is 14.3. The maximum Gasteiger partial charge on any atom is 0.165 e. The van der Waals surface area contributed by atoms with Crippen molar-refractivity contribution in [1.29, 1.82) is 0 Å². The van der Waals surface area contributed by atoms with E-state index < -0.39 is 0 Å². The summed E-state index contributed by atoms with van der Waals surface area (Å²) in [5, 5.41) is 0. The van der Waals surface area contributed by atoms with Gasteiger partial charge in [-0.15, -0.1) is 0 Å². The number of ether oxygens (including phenoxy) is 1. The van der Waals surface area contributed by atoms with Crippen LogP contribution in [0, 0.1) is 5.82 Å². The molecule has 0 aliphatic rings. The first-order valence-corrected chi connectivity index (χ1v) is 11.0. The van der Waals surface area contributed by atoms with Crippen molar-refractivity contribution in [3.05, 3.63) is 42.1 Å². The first-order chi connectivity index (χ1) is 13.7. The van der Waals surface area contributed by atoms with E-state index in [1.165, 1.54) is 51.0 Å². The Morgan fingerprint density at radius 2 is 1.54 bits per heavy atom. The van der Waals surface area contributed by atoms with E-state index in [0.29, 0.717) is 18.1 Å². The molecule has 0 N–H and O–H groups in total. The van der Waals surface area contributed by atoms with E-state index in [2.05, 4.69) is 23.8 Å². The van der Waals surface area contributed by atoms with Gasteiger partial charge in [-0.25, -0.2) is 4.39 Å². The summed E-state index contributed by atoms with van der Waals surface area (Å²) in [6, 6.07) is 5.02. The first-order valence-electron chi connectivity index (χ1n) is 11.0. The highest BCUT2D eigenvalue weighted by Gasteiger charge is 2.08. The molecular weight excluding hydrogens is 351 g/mol. The zero-order chi connectivity index (χ0) is 20.0. The van der Waals surface area contributed by atoms with Gasteiger partial charge in [0.25, 0.3) is 0 Å². The number of nitrogens with zero attached hydrogens (tertiary/aromatic N) is 2. The summed E-state index contributed by atoms with van der Waals surface area (Å²) in [4.78, 5) is 8.98. The van der Waals surface area contributed by atoms with Gasteiger partial charge in [0.05, 0.1) is 24.2 Å². The van der Waals surface area contributed by atoms with Crippen molar-refractivity contribution >= 4 is 0 Å². The second kappa shape index (κ2) is 13.2. The molecule has 3 nitrogen and oxygen atoms in total. The molecule has 0 spiro atoms. The average molecular weight is 387 g/mol. The van der Waals surface area contributed by atoms with Crippen molar-refractivity contribution in [1.82, 2.24) is 9.97 Å². The van der Waals surface area contributed by atoms with Gasteiger partial charge in [-0.3, -0.25) is 9.97 Å². The zero-order valence-electron chi connectivity index (χ0n) is 17.6. The third-order valence-corrected chi connectivity index (χ3v) is 4.97. The van der Waals surface area contributed by atoms with Crippen molar-refractivity contribution in [3.63, 3.8) is 0 Å². The molecule has 2 rings (SSSR count). The number of aryl methyl sites for hydroxylation is 1. The molecule has 4 heteroatoms. The molecule has 1 aromatic heterocycles. The van der Waals surface area contributed by atoms with E-state index in [9.17, 15) is 4.39 Å². The van der Waals surface area contributed by atoms with Gasteiger partial charge in [-0.2, -0.15) is 0 Å². The predicted octanol–water partition coefficient (Wildman–Crippen LogP) is 7.14. The maximum absolute atomic E-state index is 14.3. The van der Waals surface area contributed by atoms with E-state index >= 15 is 0 Å². The molecule has 0 aliphatic carbocycles. The minimum atomic E-state index is -0.342. The van der Waals surface area contributed by atoms with Crippen LogP contribution in [0.1, 0.15) is 83.7 Å². The Kier molecular flexibility index (Phi) is 10.6. The summed E-state index contributed by atoms with van der Waals surface area (Å²) in [5.74, 6) is -0.0288. The van der Waals surface area contributed by atoms with Gasteiger partial charge >= 0.3 is 0 Å². The summed E-state index contributed by atoms with van der Waals surface area (Å²) in [6.45, 7) is 4.96. The summed E-state index contributed by atoms with van der Waals surface area (Å²) < 4.78 is 19.9. The second-order valence-corrected chi connectivity index (χ2v) is 7.47. The molecular formula is C24H35FN2O. The summed E-state index contributed by atoms with van der Waals surface area (Å²) >= 11 is 0. The number of aromatic nitrogens is 2. The molecule has 0 aliphatic heterocycles. The lowest BCUT2D eigenvalue weighted by atomic mass is 10.1. The van der Waals surface area contributed by atoms with Crippen LogP contribution in [0.15, 0.2) is 30.6 Å². The van der Waals surface area contributed by atoms with Gasteiger partial charge in [-0.05, 0) is 37.5 Å². The smallest absolute Gasteiger partial charge is 0.165 e. The van der Waals surface area contributed by atoms with Crippen LogP contribution < -0.4 is 4.74 Å². The molecule has 0 radical (unpaired) electrons. The Morgan fingerprint density at radius 1 is 0.821 bits per heavy atom. The predicted molar refractivity (Wildman–Crippen MR) is 114 cm³/mol. The lowest BCUT2D eigenvalue weighted by molar-refractivity contribution is 0.290. The Bertz CT molecular complexity index is 673. The Balaban J connectivity index is 1.81. The first kappa shape index (κ1) is 22.3. The monoisotopic (exact) mass is 386 g/mol. The molecule has 0 saturated heterocycles. The molecule has 1 aromatic carbocycles. The number of hydrogen-bond donors (Lipinski definition) is 0. The lowest BCUT2D eigenvalue weighted by Crippen LogP contribution is -2.00. The number of benzene rings is 1. The second-order valence-electron chi connectivity index (χ2n) is 7.47. The van der Waals surface area contributed by atoms with Gasteiger partial charge in [-0.1, -0.05) is 65.2 Å². The quantitative estimate of drug-likeness (QED) is 0.323. The van der Waals surface area contributed by atoms with Gasteiger partial charge in [0.2, 0.25) is 0 Å². The van der Waals surface area contributed by atoms with E-state index in [1.807, 2.05) is 12.3 Å². The van der Waals surface area contributed by atoms with Crippen molar-refractivity contribution < 1.29 is 9.13 Å². The standard InChI is InChI=1S/C24H35FN2O/c1-3-5-7-9-10-11-13-21-18-27-23(19-26-21)20-14-15-24(22(25)17-20)28-16-12-8-6-4-2/h14-15,17-19H,3-13,16H2,1-2H3. The Hall–Kier alpha value is -1.97. The third-order valence-electron chi connectivity index (χ3n) is 4.97. The SMILES string of the molecule is CCCCCCCCc1cnc(-c2ccc(OCCCCCC)c(F)c2)cn1. The van der Waals surface area contributed by atoms with Gasteiger partial charge in [0, 0.05) is 11.8 Å². The molecule has 0 fully saturated rings. The molecule has 0 amide bonds. The van der Waals surface area contributed by atoms with Crippen molar-refractivity contribution in [3.8, 4) is 17.0 Å². The molecule has 0 bridgehead atoms. The van der Waals surface area contributed by atoms with Crippen molar-refractivity contribution in [2.45, 2.75) is 84.5 Å². The van der Waals surface area contributed by atoms with E-state index in [0.717, 1.165) is 36.9 Å². The van der Waals surface area contributed by atoms with Crippen LogP contribution in [0.4, 0.5) is 4.39 Å². The van der Waals surface area contributed by atoms with Crippen LogP contribution >= 0.6 is 0 Å². The summed E-state index contributed by atoms with van der Waals surface area (Å²) in [7, 11) is 0. The van der Waals surface area contributed by atoms with Gasteiger partial charge in [0.15, 0.2) is 11.6 Å². The topological polar surface area (TPSA) is 35.0 Å². The molecule has 0 unspecified atom stereocenters. The average Bonchev–Trinajstić information content (AvgIpc) is 2.72. The number of hydrogen-bond acceptors (Lipinski definition) is 3. The lowest BCUT2D eigenvalue weighted by Gasteiger charge is -2.09. The summed E-state index contributed by atoms with van der Waals surface area (Å²) in [5.41, 5.74) is 2.43. The highest BCUT2D eigenvalue weighted by Crippen LogP contribution is 2.24. The fraction of sp³-hybridized carbons (Fsp3) is 0.583. The van der Waals surface area contributed by atoms with E-state index in [4.69, 9.17) is 4.74 Å². The largest absolute Gasteiger partial charge is 0.491 e. The van der Waals surface area contributed by atoms with Crippen LogP contribution in [0.5, 0.6) is 5.75 Å². The van der Waals surface area contributed by atoms with Crippen LogP contribution in [-0.4, -0.2) is 16.6 Å². The van der Waals surface area contributed by atoms with Crippen molar-refractivity contribution in [2.75, 3.05) is 6.61 Å². The Morgan fingerprint density at radius 3 is 2.21 bits per heavy atom. The van der Waals surface area contributed by atoms with Gasteiger partial charge in [0.1, 0.15) is 0 Å². The van der Waals surface area contributed by atoms with Crippen molar-refractivity contribution in [2.24, 2.45) is 0 Å². The Labute approximate surface area is 169 Å². The van der Waals surface area contributed by atoms with Crippen LogP contribution in [0.25, 0.3) is 11.3 Å². The van der Waals surface area contributed by atoms with Gasteiger partial charge < -0.3 is 4.74 Å². The molecule has 2 aromatic rings. The van der Waals surface area contributed by atoms with Crippen LogP contribution in [0.2, 0.25) is 0 Å².